The monoisotopic (exact) mass is 256 g/mol. The molecule has 2 atom stereocenters. The Hall–Kier alpha value is -0.310. The minimum atomic E-state index is -0.689. The van der Waals surface area contributed by atoms with Crippen LogP contribution in [0, 0.1) is 5.41 Å². The van der Waals surface area contributed by atoms with Crippen LogP contribution in [0.15, 0.2) is 23.8 Å². The van der Waals surface area contributed by atoms with E-state index >= 15 is 0 Å². The fourth-order valence-corrected chi connectivity index (χ4v) is 2.28. The Balaban J connectivity index is 2.54. The molecular formula is C14H25ClN2. The molecule has 1 rings (SSSR count). The van der Waals surface area contributed by atoms with Crippen molar-refractivity contribution in [3.05, 3.63) is 23.8 Å². The van der Waals surface area contributed by atoms with E-state index in [1.54, 1.807) is 0 Å². The van der Waals surface area contributed by atoms with Gasteiger partial charge in [0.15, 0.2) is 0 Å². The van der Waals surface area contributed by atoms with Gasteiger partial charge in [0.1, 0.15) is 5.00 Å². The molecule has 2 nitrogen and oxygen atoms in total. The fourth-order valence-electron chi connectivity index (χ4n) is 2.14. The highest BCUT2D eigenvalue weighted by Gasteiger charge is 2.26. The molecule has 4 N–H and O–H groups in total. The fraction of sp³-hybridized carbons (Fsp3) is 0.714. The molecule has 2 unspecified atom stereocenters. The number of rotatable bonds is 5. The lowest BCUT2D eigenvalue weighted by molar-refractivity contribution is 0.385. The van der Waals surface area contributed by atoms with Gasteiger partial charge in [-0.1, -0.05) is 44.0 Å². The normalized spacial score (nSPS) is 26.8. The lowest BCUT2D eigenvalue weighted by Crippen LogP contribution is -2.32. The van der Waals surface area contributed by atoms with Crippen molar-refractivity contribution >= 4 is 11.6 Å². The van der Waals surface area contributed by atoms with Crippen LogP contribution in [0.1, 0.15) is 46.5 Å². The molecule has 1 aliphatic carbocycles. The van der Waals surface area contributed by atoms with Gasteiger partial charge in [-0.3, -0.25) is 0 Å². The van der Waals surface area contributed by atoms with E-state index in [1.165, 1.54) is 5.57 Å². The molecule has 1 aliphatic rings. The van der Waals surface area contributed by atoms with Crippen molar-refractivity contribution < 1.29 is 0 Å². The smallest absolute Gasteiger partial charge is 0.113 e. The standard InChI is InChI=1S/C14H25ClN2/c1-11(16)5-4-8-13(2,3)12-6-9-14(15,17)10-7-12/h6-7,9,11H,4-5,8,10,16-17H2,1-3H3. The van der Waals surface area contributed by atoms with Crippen LogP contribution in [0.25, 0.3) is 0 Å². The zero-order valence-corrected chi connectivity index (χ0v) is 11.9. The summed E-state index contributed by atoms with van der Waals surface area (Å²) in [5, 5.41) is 0. The molecule has 0 spiro atoms. The van der Waals surface area contributed by atoms with Gasteiger partial charge in [0, 0.05) is 12.5 Å². The van der Waals surface area contributed by atoms with E-state index in [0.29, 0.717) is 12.5 Å². The summed E-state index contributed by atoms with van der Waals surface area (Å²) >= 11 is 6.06. The van der Waals surface area contributed by atoms with E-state index in [0.717, 1.165) is 19.3 Å². The molecule has 0 bridgehead atoms. The van der Waals surface area contributed by atoms with E-state index < -0.39 is 5.00 Å². The van der Waals surface area contributed by atoms with Crippen LogP contribution >= 0.6 is 11.6 Å². The minimum Gasteiger partial charge on any atom is -0.328 e. The Bertz CT molecular complexity index is 314. The quantitative estimate of drug-likeness (QED) is 0.586. The highest BCUT2D eigenvalue weighted by molar-refractivity contribution is 6.25. The zero-order chi connectivity index (χ0) is 13.1. The molecule has 0 saturated heterocycles. The Labute approximate surface area is 110 Å². The summed E-state index contributed by atoms with van der Waals surface area (Å²) in [7, 11) is 0. The van der Waals surface area contributed by atoms with Gasteiger partial charge >= 0.3 is 0 Å². The predicted molar refractivity (Wildman–Crippen MR) is 75.9 cm³/mol. The average molecular weight is 257 g/mol. The molecule has 0 heterocycles. The molecule has 0 aromatic rings. The first-order chi connectivity index (χ1) is 7.73. The maximum Gasteiger partial charge on any atom is 0.113 e. The molecule has 98 valence electrons. The van der Waals surface area contributed by atoms with Gasteiger partial charge in [0.05, 0.1) is 0 Å². The third kappa shape index (κ3) is 4.82. The van der Waals surface area contributed by atoms with Gasteiger partial charge in [-0.15, -0.1) is 0 Å². The second kappa shape index (κ2) is 5.55. The van der Waals surface area contributed by atoms with Gasteiger partial charge in [0.2, 0.25) is 0 Å². The summed E-state index contributed by atoms with van der Waals surface area (Å²) in [5.41, 5.74) is 13.1. The maximum atomic E-state index is 6.06. The average Bonchev–Trinajstić information content (AvgIpc) is 2.15. The molecular weight excluding hydrogens is 232 g/mol. The molecule has 3 heteroatoms. The summed E-state index contributed by atoms with van der Waals surface area (Å²) in [6.07, 6.45) is 10.2. The first kappa shape index (κ1) is 14.7. The number of allylic oxidation sites excluding steroid dienone is 2. The van der Waals surface area contributed by atoms with Gasteiger partial charge in [-0.05, 0) is 36.8 Å². The van der Waals surface area contributed by atoms with Crippen molar-refractivity contribution in [2.45, 2.75) is 57.5 Å². The van der Waals surface area contributed by atoms with E-state index in [2.05, 4.69) is 32.9 Å². The van der Waals surface area contributed by atoms with Crippen LogP contribution in [0.2, 0.25) is 0 Å². The number of alkyl halides is 1. The van der Waals surface area contributed by atoms with E-state index in [1.807, 2.05) is 6.08 Å². The van der Waals surface area contributed by atoms with Crippen LogP contribution in [0.4, 0.5) is 0 Å². The van der Waals surface area contributed by atoms with Crippen LogP contribution in [-0.2, 0) is 0 Å². The lowest BCUT2D eigenvalue weighted by Gasteiger charge is -2.31. The lowest BCUT2D eigenvalue weighted by atomic mass is 9.77. The van der Waals surface area contributed by atoms with Crippen molar-refractivity contribution in [3.8, 4) is 0 Å². The number of halogens is 1. The maximum absolute atomic E-state index is 6.06. The second-order valence-electron chi connectivity index (χ2n) is 5.88. The summed E-state index contributed by atoms with van der Waals surface area (Å²) in [5.74, 6) is 0. The second-order valence-corrected chi connectivity index (χ2v) is 6.58. The SMILES string of the molecule is CC(N)CCCC(C)(C)C1=CCC(N)(Cl)C=C1. The highest BCUT2D eigenvalue weighted by Crippen LogP contribution is 2.37. The van der Waals surface area contributed by atoms with Crippen LogP contribution < -0.4 is 11.5 Å². The Morgan fingerprint density at radius 2 is 2.18 bits per heavy atom. The molecule has 0 radical (unpaired) electrons. The zero-order valence-electron chi connectivity index (χ0n) is 11.2. The van der Waals surface area contributed by atoms with Crippen molar-refractivity contribution in [3.63, 3.8) is 0 Å². The molecule has 0 aliphatic heterocycles. The van der Waals surface area contributed by atoms with Gasteiger partial charge in [0.25, 0.3) is 0 Å². The topological polar surface area (TPSA) is 52.0 Å². The van der Waals surface area contributed by atoms with Crippen molar-refractivity contribution in [1.29, 1.82) is 0 Å². The van der Waals surface area contributed by atoms with Crippen LogP contribution in [-0.4, -0.2) is 11.0 Å². The van der Waals surface area contributed by atoms with Gasteiger partial charge in [-0.2, -0.15) is 0 Å². The first-order valence-electron chi connectivity index (χ1n) is 6.36. The summed E-state index contributed by atoms with van der Waals surface area (Å²) in [4.78, 5) is -0.689. The number of nitrogens with two attached hydrogens (primary N) is 2. The summed E-state index contributed by atoms with van der Waals surface area (Å²) < 4.78 is 0. The number of hydrogen-bond donors (Lipinski definition) is 2. The highest BCUT2D eigenvalue weighted by atomic mass is 35.5. The molecule has 0 saturated carbocycles. The van der Waals surface area contributed by atoms with E-state index in [4.69, 9.17) is 23.1 Å². The largest absolute Gasteiger partial charge is 0.328 e. The summed E-state index contributed by atoms with van der Waals surface area (Å²) in [6, 6.07) is 0.293. The van der Waals surface area contributed by atoms with Crippen molar-refractivity contribution in [1.82, 2.24) is 0 Å². The molecule has 17 heavy (non-hydrogen) atoms. The minimum absolute atomic E-state index is 0.179. The Kier molecular flexibility index (Phi) is 4.82. The Morgan fingerprint density at radius 1 is 1.53 bits per heavy atom. The number of hydrogen-bond acceptors (Lipinski definition) is 2. The molecule has 0 aromatic carbocycles. The van der Waals surface area contributed by atoms with Crippen molar-refractivity contribution in [2.75, 3.05) is 0 Å². The molecule has 0 aromatic heterocycles. The molecule has 0 fully saturated rings. The van der Waals surface area contributed by atoms with Crippen LogP contribution in [0.3, 0.4) is 0 Å². The van der Waals surface area contributed by atoms with Gasteiger partial charge < -0.3 is 11.5 Å². The van der Waals surface area contributed by atoms with Gasteiger partial charge in [-0.25, -0.2) is 0 Å². The predicted octanol–water partition coefficient (Wildman–Crippen LogP) is 3.31. The summed E-state index contributed by atoms with van der Waals surface area (Å²) in [6.45, 7) is 6.59. The van der Waals surface area contributed by atoms with Crippen molar-refractivity contribution in [2.24, 2.45) is 16.9 Å². The van der Waals surface area contributed by atoms with E-state index in [9.17, 15) is 0 Å². The Morgan fingerprint density at radius 3 is 2.65 bits per heavy atom. The molecule has 0 amide bonds. The van der Waals surface area contributed by atoms with Crippen LogP contribution in [0.5, 0.6) is 0 Å². The van der Waals surface area contributed by atoms with E-state index in [-0.39, 0.29) is 5.41 Å². The third-order valence-corrected chi connectivity index (χ3v) is 3.70. The third-order valence-electron chi connectivity index (χ3n) is 3.42. The first-order valence-corrected chi connectivity index (χ1v) is 6.74.